The largest absolute Gasteiger partial charge is 0.459 e. The van der Waals surface area contributed by atoms with Gasteiger partial charge in [-0.05, 0) is 85.4 Å². The summed E-state index contributed by atoms with van der Waals surface area (Å²) in [5, 5.41) is 6.83. The number of anilines is 2. The van der Waals surface area contributed by atoms with Gasteiger partial charge in [-0.1, -0.05) is 28.9 Å². The van der Waals surface area contributed by atoms with Gasteiger partial charge in [0.15, 0.2) is 5.11 Å². The molecule has 2 aromatic carbocycles. The Morgan fingerprint density at radius 3 is 2.73 bits per heavy atom. The average Bonchev–Trinajstić information content (AvgIpc) is 3.50. The van der Waals surface area contributed by atoms with Crippen molar-refractivity contribution in [3.63, 3.8) is 0 Å². The molecule has 9 heteroatoms. The molecular formula is C28H24BrFN4O2S. The molecule has 0 saturated carbocycles. The molecule has 0 bridgehead atoms. The molecule has 5 rings (SSSR count). The van der Waals surface area contributed by atoms with Crippen LogP contribution in [0.5, 0.6) is 0 Å². The zero-order valence-electron chi connectivity index (χ0n) is 20.2. The lowest BCUT2D eigenvalue weighted by Gasteiger charge is -2.26. The molecule has 2 atom stereocenters. The first kappa shape index (κ1) is 25.1. The van der Waals surface area contributed by atoms with Gasteiger partial charge in [-0.3, -0.25) is 9.78 Å². The average molecular weight is 579 g/mol. The summed E-state index contributed by atoms with van der Waals surface area (Å²) in [6.45, 7) is 3.75. The van der Waals surface area contributed by atoms with Crippen molar-refractivity contribution < 1.29 is 13.6 Å². The van der Waals surface area contributed by atoms with Gasteiger partial charge < -0.3 is 20.0 Å². The number of aryl methyl sites for hydroxylation is 1. The molecule has 2 aromatic heterocycles. The van der Waals surface area contributed by atoms with Crippen molar-refractivity contribution in [1.29, 1.82) is 0 Å². The van der Waals surface area contributed by atoms with Gasteiger partial charge in [0.2, 0.25) is 5.91 Å². The number of nitrogens with one attached hydrogen (secondary N) is 2. The number of halogens is 2. The summed E-state index contributed by atoms with van der Waals surface area (Å²) < 4.78 is 21.6. The van der Waals surface area contributed by atoms with E-state index in [1.165, 1.54) is 6.07 Å². The highest BCUT2D eigenvalue weighted by atomic mass is 79.9. The zero-order valence-corrected chi connectivity index (χ0v) is 22.6. The molecule has 0 aliphatic carbocycles. The van der Waals surface area contributed by atoms with Crippen molar-refractivity contribution in [3.05, 3.63) is 100 Å². The molecule has 6 nitrogen and oxygen atoms in total. The van der Waals surface area contributed by atoms with Gasteiger partial charge in [-0.15, -0.1) is 0 Å². The third-order valence-electron chi connectivity index (χ3n) is 6.30. The van der Waals surface area contributed by atoms with Crippen LogP contribution in [0.4, 0.5) is 15.8 Å². The molecule has 2 N–H and O–H groups in total. The van der Waals surface area contributed by atoms with E-state index in [1.807, 2.05) is 61.2 Å². The van der Waals surface area contributed by atoms with Crippen LogP contribution in [-0.2, 0) is 4.79 Å². The summed E-state index contributed by atoms with van der Waals surface area (Å²) in [7, 11) is 0. The Kier molecular flexibility index (Phi) is 7.08. The summed E-state index contributed by atoms with van der Waals surface area (Å²) in [6, 6.07) is 19.3. The van der Waals surface area contributed by atoms with Crippen LogP contribution in [0.3, 0.4) is 0 Å². The highest BCUT2D eigenvalue weighted by Crippen LogP contribution is 2.43. The third-order valence-corrected chi connectivity index (χ3v) is 7.10. The molecule has 2 unspecified atom stereocenters. The first-order chi connectivity index (χ1) is 17.9. The number of thiocarbonyl (C=S) groups is 1. The summed E-state index contributed by atoms with van der Waals surface area (Å²) in [5.74, 6) is 0.604. The molecule has 1 saturated heterocycles. The van der Waals surface area contributed by atoms with E-state index < -0.39 is 0 Å². The van der Waals surface area contributed by atoms with Gasteiger partial charge in [-0.2, -0.15) is 0 Å². The normalized spacial score (nSPS) is 17.1. The second-order valence-corrected chi connectivity index (χ2v) is 10.0. The number of hydrogen-bond donors (Lipinski definition) is 2. The molecule has 4 aromatic rings. The number of furan rings is 1. The minimum absolute atomic E-state index is 0.0504. The minimum atomic E-state index is -0.384. The fraction of sp³-hybridized carbons (Fsp3) is 0.179. The SMILES string of the molecule is CCC(=O)Nc1ccc(N2C(=S)NC(c3ccccn3)C2c2ccc(-c3ccc(Br)cc3F)o2)cc1C. The highest BCUT2D eigenvalue weighted by Gasteiger charge is 2.42. The molecule has 188 valence electrons. The van der Waals surface area contributed by atoms with Crippen LogP contribution in [0.15, 0.2) is 81.8 Å². The Bertz CT molecular complexity index is 1480. The predicted molar refractivity (Wildman–Crippen MR) is 150 cm³/mol. The van der Waals surface area contributed by atoms with Crippen LogP contribution in [0, 0.1) is 12.7 Å². The van der Waals surface area contributed by atoms with E-state index in [1.54, 1.807) is 24.4 Å². The van der Waals surface area contributed by atoms with Gasteiger partial charge >= 0.3 is 0 Å². The van der Waals surface area contributed by atoms with Gasteiger partial charge in [0, 0.05) is 28.5 Å². The second-order valence-electron chi connectivity index (χ2n) is 8.72. The Labute approximate surface area is 228 Å². The summed E-state index contributed by atoms with van der Waals surface area (Å²) in [4.78, 5) is 18.5. The van der Waals surface area contributed by atoms with Crippen molar-refractivity contribution in [3.8, 4) is 11.3 Å². The molecule has 1 aliphatic heterocycles. The van der Waals surface area contributed by atoms with Crippen LogP contribution in [-0.4, -0.2) is 16.0 Å². The lowest BCUT2D eigenvalue weighted by Crippen LogP contribution is -2.29. The number of rotatable bonds is 6. The van der Waals surface area contributed by atoms with Crippen LogP contribution >= 0.6 is 28.1 Å². The summed E-state index contributed by atoms with van der Waals surface area (Å²) in [6.07, 6.45) is 2.13. The Morgan fingerprint density at radius 2 is 2.03 bits per heavy atom. The van der Waals surface area contributed by atoms with Crippen molar-refractivity contribution in [2.24, 2.45) is 0 Å². The molecule has 1 aliphatic rings. The summed E-state index contributed by atoms with van der Waals surface area (Å²) in [5.41, 5.74) is 3.65. The molecule has 1 fully saturated rings. The molecular weight excluding hydrogens is 555 g/mol. The smallest absolute Gasteiger partial charge is 0.224 e. The molecule has 0 radical (unpaired) electrons. The van der Waals surface area contributed by atoms with E-state index in [2.05, 4.69) is 31.5 Å². The number of carbonyl (C=O) groups excluding carboxylic acids is 1. The Morgan fingerprint density at radius 1 is 1.19 bits per heavy atom. The first-order valence-corrected chi connectivity index (χ1v) is 13.0. The molecule has 1 amide bonds. The lowest BCUT2D eigenvalue weighted by molar-refractivity contribution is -0.115. The van der Waals surface area contributed by atoms with E-state index >= 15 is 0 Å². The lowest BCUT2D eigenvalue weighted by atomic mass is 10.0. The van der Waals surface area contributed by atoms with Gasteiger partial charge in [-0.25, -0.2) is 4.39 Å². The second kappa shape index (κ2) is 10.4. The monoisotopic (exact) mass is 578 g/mol. The van der Waals surface area contributed by atoms with Crippen LogP contribution < -0.4 is 15.5 Å². The van der Waals surface area contributed by atoms with Crippen molar-refractivity contribution >= 4 is 50.5 Å². The maximum absolute atomic E-state index is 14.7. The first-order valence-electron chi connectivity index (χ1n) is 11.8. The van der Waals surface area contributed by atoms with Crippen LogP contribution in [0.25, 0.3) is 11.3 Å². The standard InChI is InChI=1S/C28H24BrFN4O2S/c1-3-25(35)32-21-10-8-18(14-16(21)2)34-27(26(33-28(34)37)22-6-4-5-13-31-22)24-12-11-23(36-24)19-9-7-17(29)15-20(19)30/h4-15,26-27H,3H2,1-2H3,(H,32,35)(H,33,37). The molecule has 0 spiro atoms. The number of benzene rings is 2. The fourth-order valence-corrected chi connectivity index (χ4v) is 5.12. The number of hydrogen-bond acceptors (Lipinski definition) is 4. The summed E-state index contributed by atoms with van der Waals surface area (Å²) >= 11 is 9.09. The maximum atomic E-state index is 14.7. The Hall–Kier alpha value is -3.56. The van der Waals surface area contributed by atoms with Gasteiger partial charge in [0.1, 0.15) is 23.4 Å². The quantitative estimate of drug-likeness (QED) is 0.238. The van der Waals surface area contributed by atoms with E-state index in [4.69, 9.17) is 16.6 Å². The fourth-order valence-electron chi connectivity index (χ4n) is 4.44. The van der Waals surface area contributed by atoms with E-state index in [-0.39, 0.29) is 23.8 Å². The molecule has 37 heavy (non-hydrogen) atoms. The number of pyridine rings is 1. The Balaban J connectivity index is 1.57. The van der Waals surface area contributed by atoms with Crippen LogP contribution in [0.1, 0.15) is 42.4 Å². The minimum Gasteiger partial charge on any atom is -0.459 e. The topological polar surface area (TPSA) is 70.4 Å². The van der Waals surface area contributed by atoms with E-state index in [0.29, 0.717) is 33.1 Å². The van der Waals surface area contributed by atoms with Gasteiger partial charge in [0.05, 0.1) is 17.3 Å². The highest BCUT2D eigenvalue weighted by molar-refractivity contribution is 9.10. The third kappa shape index (κ3) is 5.01. The maximum Gasteiger partial charge on any atom is 0.224 e. The number of nitrogens with zero attached hydrogens (tertiary/aromatic N) is 2. The van der Waals surface area contributed by atoms with Crippen molar-refractivity contribution in [2.45, 2.75) is 32.4 Å². The van der Waals surface area contributed by atoms with Crippen molar-refractivity contribution in [2.75, 3.05) is 10.2 Å². The number of aromatic nitrogens is 1. The predicted octanol–water partition coefficient (Wildman–Crippen LogP) is 7.08. The van der Waals surface area contributed by atoms with Crippen molar-refractivity contribution in [1.82, 2.24) is 10.3 Å². The number of carbonyl (C=O) groups is 1. The zero-order chi connectivity index (χ0) is 26.1. The van der Waals surface area contributed by atoms with E-state index in [9.17, 15) is 9.18 Å². The van der Waals surface area contributed by atoms with E-state index in [0.717, 1.165) is 22.6 Å². The van der Waals surface area contributed by atoms with Gasteiger partial charge in [0.25, 0.3) is 0 Å². The molecule has 3 heterocycles. The van der Waals surface area contributed by atoms with Crippen LogP contribution in [0.2, 0.25) is 0 Å². The number of amides is 1.